The van der Waals surface area contributed by atoms with Crippen LogP contribution in [0.3, 0.4) is 0 Å². The van der Waals surface area contributed by atoms with Gasteiger partial charge in [-0.25, -0.2) is 0 Å². The summed E-state index contributed by atoms with van der Waals surface area (Å²) in [6.07, 6.45) is 2.57. The molecule has 2 heteroatoms. The van der Waals surface area contributed by atoms with E-state index < -0.39 is 0 Å². The highest BCUT2D eigenvalue weighted by Gasteiger charge is 2.24. The minimum Gasteiger partial charge on any atom is -0.160 e. The molecule has 0 unspecified atom stereocenters. The third kappa shape index (κ3) is 2.78. The summed E-state index contributed by atoms with van der Waals surface area (Å²) in [5.41, 5.74) is 4.58. The molecule has 0 bridgehead atoms. The monoisotopic (exact) mass is 214 g/mol. The number of benzene rings is 1. The molecule has 0 spiro atoms. The van der Waals surface area contributed by atoms with Gasteiger partial charge in [-0.15, -0.1) is 0 Å². The lowest BCUT2D eigenvalue weighted by atomic mass is 10.1. The maximum Gasteiger partial charge on any atom is 0.0671 e. The zero-order valence-electron chi connectivity index (χ0n) is 10.2. The first-order valence-corrected chi connectivity index (χ1v) is 5.82. The van der Waals surface area contributed by atoms with Gasteiger partial charge in [-0.3, -0.25) is 0 Å². The molecule has 0 amide bonds. The van der Waals surface area contributed by atoms with Gasteiger partial charge in [0, 0.05) is 5.71 Å². The van der Waals surface area contributed by atoms with Crippen molar-refractivity contribution in [1.82, 2.24) is 0 Å². The van der Waals surface area contributed by atoms with E-state index in [1.807, 2.05) is 6.92 Å². The average Bonchev–Trinajstić information content (AvgIpc) is 3.09. The molecule has 1 aliphatic rings. The highest BCUT2D eigenvalue weighted by Crippen LogP contribution is 2.30. The van der Waals surface area contributed by atoms with Crippen molar-refractivity contribution in [2.75, 3.05) is 0 Å². The summed E-state index contributed by atoms with van der Waals surface area (Å²) in [4.78, 5) is 0. The smallest absolute Gasteiger partial charge is 0.0671 e. The first kappa shape index (κ1) is 11.1. The van der Waals surface area contributed by atoms with E-state index in [1.54, 1.807) is 0 Å². The lowest BCUT2D eigenvalue weighted by molar-refractivity contribution is 1.11. The van der Waals surface area contributed by atoms with Crippen LogP contribution < -0.4 is 0 Å². The second-order valence-electron chi connectivity index (χ2n) is 4.57. The fraction of sp³-hybridized carbons (Fsp3) is 0.429. The van der Waals surface area contributed by atoms with E-state index >= 15 is 0 Å². The zero-order valence-corrected chi connectivity index (χ0v) is 10.2. The summed E-state index contributed by atoms with van der Waals surface area (Å²) in [7, 11) is 0. The van der Waals surface area contributed by atoms with Crippen LogP contribution >= 0.6 is 0 Å². The highest BCUT2D eigenvalue weighted by molar-refractivity contribution is 5.99. The number of aryl methyl sites for hydroxylation is 1. The van der Waals surface area contributed by atoms with Gasteiger partial charge in [0.2, 0.25) is 0 Å². The van der Waals surface area contributed by atoms with Gasteiger partial charge in [0.05, 0.1) is 5.71 Å². The predicted octanol–water partition coefficient (Wildman–Crippen LogP) is 3.59. The molecular weight excluding hydrogens is 196 g/mol. The van der Waals surface area contributed by atoms with Crippen LogP contribution in [0.5, 0.6) is 0 Å². The third-order valence-electron chi connectivity index (χ3n) is 2.96. The molecular formula is C14H18N2. The fourth-order valence-corrected chi connectivity index (χ4v) is 1.66. The van der Waals surface area contributed by atoms with Gasteiger partial charge < -0.3 is 0 Å². The Bertz CT molecular complexity index is 440. The molecule has 1 aliphatic carbocycles. The molecule has 0 aliphatic heterocycles. The van der Waals surface area contributed by atoms with Gasteiger partial charge >= 0.3 is 0 Å². The molecule has 1 aromatic carbocycles. The Kier molecular flexibility index (Phi) is 3.18. The molecule has 1 fully saturated rings. The van der Waals surface area contributed by atoms with Crippen LogP contribution in [0, 0.1) is 12.8 Å². The van der Waals surface area contributed by atoms with E-state index in [9.17, 15) is 0 Å². The Morgan fingerprint density at radius 2 is 1.94 bits per heavy atom. The van der Waals surface area contributed by atoms with Crippen LogP contribution in [0.15, 0.2) is 34.5 Å². The Hall–Kier alpha value is -1.44. The number of rotatable bonds is 3. The number of hydrogen-bond acceptors (Lipinski definition) is 2. The van der Waals surface area contributed by atoms with Crippen molar-refractivity contribution >= 4 is 11.4 Å². The molecule has 2 nitrogen and oxygen atoms in total. The maximum absolute atomic E-state index is 4.30. The van der Waals surface area contributed by atoms with Gasteiger partial charge in [0.15, 0.2) is 0 Å². The normalized spacial score (nSPS) is 17.7. The van der Waals surface area contributed by atoms with E-state index in [0.717, 1.165) is 11.3 Å². The lowest BCUT2D eigenvalue weighted by Crippen LogP contribution is -1.96. The van der Waals surface area contributed by atoms with Crippen molar-refractivity contribution < 1.29 is 0 Å². The van der Waals surface area contributed by atoms with Gasteiger partial charge in [0.25, 0.3) is 0 Å². The van der Waals surface area contributed by atoms with E-state index in [-0.39, 0.29) is 0 Å². The quantitative estimate of drug-likeness (QED) is 0.542. The molecule has 84 valence electrons. The largest absolute Gasteiger partial charge is 0.160 e. The number of hydrogen-bond donors (Lipinski definition) is 0. The van der Waals surface area contributed by atoms with Crippen molar-refractivity contribution in [2.45, 2.75) is 33.6 Å². The predicted molar refractivity (Wildman–Crippen MR) is 69.2 cm³/mol. The lowest BCUT2D eigenvalue weighted by Gasteiger charge is -2.00. The zero-order chi connectivity index (χ0) is 11.5. The van der Waals surface area contributed by atoms with Crippen molar-refractivity contribution in [3.05, 3.63) is 35.4 Å². The third-order valence-corrected chi connectivity index (χ3v) is 2.96. The van der Waals surface area contributed by atoms with Crippen LogP contribution in [0.25, 0.3) is 0 Å². The van der Waals surface area contributed by atoms with E-state index in [4.69, 9.17) is 0 Å². The van der Waals surface area contributed by atoms with Gasteiger partial charge in [0.1, 0.15) is 0 Å². The first-order valence-electron chi connectivity index (χ1n) is 5.82. The van der Waals surface area contributed by atoms with Crippen molar-refractivity contribution in [1.29, 1.82) is 0 Å². The summed E-state index contributed by atoms with van der Waals surface area (Å²) in [5, 5.41) is 8.60. The maximum atomic E-state index is 4.30. The fourth-order valence-electron chi connectivity index (χ4n) is 1.66. The molecule has 1 saturated carbocycles. The summed E-state index contributed by atoms with van der Waals surface area (Å²) in [5.74, 6) is 0.703. The van der Waals surface area contributed by atoms with Gasteiger partial charge in [-0.1, -0.05) is 29.8 Å². The van der Waals surface area contributed by atoms with Crippen LogP contribution in [0.1, 0.15) is 37.8 Å². The molecule has 16 heavy (non-hydrogen) atoms. The molecule has 0 aromatic heterocycles. The molecule has 0 radical (unpaired) electrons. The molecule has 0 atom stereocenters. The van der Waals surface area contributed by atoms with Crippen LogP contribution in [-0.2, 0) is 0 Å². The molecule has 0 saturated heterocycles. The van der Waals surface area contributed by atoms with E-state index in [0.29, 0.717) is 5.92 Å². The minimum atomic E-state index is 0.703. The van der Waals surface area contributed by atoms with E-state index in [2.05, 4.69) is 48.3 Å². The van der Waals surface area contributed by atoms with Crippen LogP contribution in [0.4, 0.5) is 0 Å². The topological polar surface area (TPSA) is 24.7 Å². The Balaban J connectivity index is 2.14. The van der Waals surface area contributed by atoms with Crippen molar-refractivity contribution in [3.63, 3.8) is 0 Å². The second-order valence-corrected chi connectivity index (χ2v) is 4.57. The molecule has 2 rings (SSSR count). The molecule has 0 N–H and O–H groups in total. The summed E-state index contributed by atoms with van der Waals surface area (Å²) >= 11 is 0. The summed E-state index contributed by atoms with van der Waals surface area (Å²) in [6.45, 7) is 6.18. The number of nitrogens with zero attached hydrogens (tertiary/aromatic N) is 2. The molecule has 0 heterocycles. The Morgan fingerprint density at radius 1 is 1.19 bits per heavy atom. The standard InChI is InChI=1S/C14H18N2/c1-10-5-4-6-14(9-10)12(3)16-15-11(2)13-7-8-13/h4-6,9,13H,7-8H2,1-3H3/b15-11-,16-12+. The van der Waals surface area contributed by atoms with Crippen LogP contribution in [0.2, 0.25) is 0 Å². The SMILES string of the molecule is C/C(=N/N=C(\C)c1cccc(C)c1)C1CC1. The van der Waals surface area contributed by atoms with Gasteiger partial charge in [-0.2, -0.15) is 10.2 Å². The molecule has 1 aromatic rings. The van der Waals surface area contributed by atoms with Crippen molar-refractivity contribution in [2.24, 2.45) is 16.1 Å². The first-order chi connectivity index (χ1) is 7.66. The Labute approximate surface area is 97.1 Å². The van der Waals surface area contributed by atoms with Crippen LogP contribution in [-0.4, -0.2) is 11.4 Å². The minimum absolute atomic E-state index is 0.703. The second kappa shape index (κ2) is 4.60. The highest BCUT2D eigenvalue weighted by atomic mass is 15.2. The summed E-state index contributed by atoms with van der Waals surface area (Å²) in [6, 6.07) is 8.37. The average molecular weight is 214 g/mol. The Morgan fingerprint density at radius 3 is 2.56 bits per heavy atom. The summed E-state index contributed by atoms with van der Waals surface area (Å²) < 4.78 is 0. The van der Waals surface area contributed by atoms with Gasteiger partial charge in [-0.05, 0) is 45.1 Å². The van der Waals surface area contributed by atoms with E-state index in [1.165, 1.54) is 24.1 Å². The van der Waals surface area contributed by atoms with Crippen molar-refractivity contribution in [3.8, 4) is 0 Å².